The first-order chi connectivity index (χ1) is 39.0. The summed E-state index contributed by atoms with van der Waals surface area (Å²) in [4.78, 5) is 24.6. The number of nitrogens with one attached hydrogen (secondary N) is 1. The number of carbonyl (C=O) groups excluding carboxylic acids is 2. The van der Waals surface area contributed by atoms with Gasteiger partial charge in [-0.25, -0.2) is 0 Å². The van der Waals surface area contributed by atoms with E-state index in [0.29, 0.717) is 25.9 Å². The molecule has 0 bridgehead atoms. The van der Waals surface area contributed by atoms with Crippen LogP contribution in [0.3, 0.4) is 0 Å². The quantitative estimate of drug-likeness (QED) is 0.0320. The van der Waals surface area contributed by atoms with E-state index in [0.717, 1.165) is 51.4 Å². The van der Waals surface area contributed by atoms with Gasteiger partial charge in [-0.15, -0.1) is 0 Å². The number of amides is 1. The summed E-state index contributed by atoms with van der Waals surface area (Å²) in [5, 5.41) is 23.4. The molecule has 79 heavy (non-hydrogen) atoms. The van der Waals surface area contributed by atoms with Crippen molar-refractivity contribution in [2.75, 3.05) is 13.2 Å². The zero-order valence-corrected chi connectivity index (χ0v) is 53.6. The van der Waals surface area contributed by atoms with Crippen LogP contribution in [0.5, 0.6) is 0 Å². The molecular weight excluding hydrogens is 971 g/mol. The lowest BCUT2D eigenvalue weighted by atomic mass is 10.0. The summed E-state index contributed by atoms with van der Waals surface area (Å²) in [6.07, 6.45) is 86.6. The van der Waals surface area contributed by atoms with Crippen molar-refractivity contribution < 1.29 is 24.5 Å². The van der Waals surface area contributed by atoms with E-state index < -0.39 is 12.1 Å². The molecule has 0 aromatic rings. The minimum atomic E-state index is -0.662. The van der Waals surface area contributed by atoms with E-state index in [-0.39, 0.29) is 18.5 Å². The Hall–Kier alpha value is -1.66. The third-order valence-corrected chi connectivity index (χ3v) is 17.0. The highest BCUT2D eigenvalue weighted by Crippen LogP contribution is 2.19. The third-order valence-electron chi connectivity index (χ3n) is 17.0. The van der Waals surface area contributed by atoms with Crippen molar-refractivity contribution in [2.24, 2.45) is 0 Å². The monoisotopic (exact) mass is 1110 g/mol. The minimum Gasteiger partial charge on any atom is -0.466 e. The van der Waals surface area contributed by atoms with Crippen LogP contribution in [0.2, 0.25) is 0 Å². The number of hydrogen-bond donors (Lipinski definition) is 3. The zero-order valence-electron chi connectivity index (χ0n) is 53.6. The first-order valence-electron chi connectivity index (χ1n) is 36.1. The molecule has 0 spiro atoms. The molecule has 0 aliphatic heterocycles. The van der Waals surface area contributed by atoms with Gasteiger partial charge in [0, 0.05) is 12.8 Å². The first-order valence-corrected chi connectivity index (χ1v) is 36.1. The van der Waals surface area contributed by atoms with E-state index in [1.54, 1.807) is 0 Å². The summed E-state index contributed by atoms with van der Waals surface area (Å²) in [6.45, 7) is 4.97. The van der Waals surface area contributed by atoms with Crippen molar-refractivity contribution in [1.29, 1.82) is 0 Å². The van der Waals surface area contributed by atoms with E-state index in [1.165, 1.54) is 321 Å². The summed E-state index contributed by atoms with van der Waals surface area (Å²) >= 11 is 0. The number of aliphatic hydroxyl groups excluding tert-OH is 2. The van der Waals surface area contributed by atoms with Gasteiger partial charge in [0.15, 0.2) is 0 Å². The number of aliphatic hydroxyl groups is 2. The van der Waals surface area contributed by atoms with E-state index in [4.69, 9.17) is 4.74 Å². The van der Waals surface area contributed by atoms with Crippen LogP contribution in [0.15, 0.2) is 24.3 Å². The van der Waals surface area contributed by atoms with Crippen LogP contribution in [0, 0.1) is 0 Å². The molecule has 1 amide bonds. The zero-order chi connectivity index (χ0) is 57.1. The van der Waals surface area contributed by atoms with Crippen LogP contribution in [-0.4, -0.2) is 47.4 Å². The maximum Gasteiger partial charge on any atom is 0.305 e. The van der Waals surface area contributed by atoms with Crippen LogP contribution in [0.25, 0.3) is 0 Å². The van der Waals surface area contributed by atoms with Gasteiger partial charge in [-0.05, 0) is 57.8 Å². The lowest BCUT2D eigenvalue weighted by Crippen LogP contribution is -2.45. The van der Waals surface area contributed by atoms with E-state index in [9.17, 15) is 19.8 Å². The predicted octanol–water partition coefficient (Wildman–Crippen LogP) is 23.3. The maximum atomic E-state index is 12.5. The average Bonchev–Trinajstić information content (AvgIpc) is 3.45. The van der Waals surface area contributed by atoms with Gasteiger partial charge in [-0.1, -0.05) is 359 Å². The largest absolute Gasteiger partial charge is 0.466 e. The summed E-state index contributed by atoms with van der Waals surface area (Å²) in [5.41, 5.74) is 0. The highest BCUT2D eigenvalue weighted by Gasteiger charge is 2.20. The molecule has 0 aliphatic rings. The molecule has 0 aromatic carbocycles. The Morgan fingerprint density at radius 1 is 0.354 bits per heavy atom. The highest BCUT2D eigenvalue weighted by atomic mass is 16.5. The Kier molecular flexibility index (Phi) is 67.4. The molecule has 0 aromatic heterocycles. The third kappa shape index (κ3) is 65.4. The Morgan fingerprint density at radius 3 is 0.975 bits per heavy atom. The Balaban J connectivity index is 3.33. The molecule has 6 heteroatoms. The van der Waals surface area contributed by atoms with E-state index in [2.05, 4.69) is 43.5 Å². The highest BCUT2D eigenvalue weighted by molar-refractivity contribution is 5.76. The molecule has 0 heterocycles. The minimum absolute atomic E-state index is 0.0123. The fourth-order valence-electron chi connectivity index (χ4n) is 11.5. The Labute approximate surface area is 494 Å². The van der Waals surface area contributed by atoms with Gasteiger partial charge in [0.05, 0.1) is 25.4 Å². The van der Waals surface area contributed by atoms with E-state index in [1.807, 2.05) is 0 Å². The molecule has 468 valence electrons. The van der Waals surface area contributed by atoms with Crippen LogP contribution in [0.4, 0.5) is 0 Å². The van der Waals surface area contributed by atoms with Crippen LogP contribution < -0.4 is 5.32 Å². The van der Waals surface area contributed by atoms with Crippen molar-refractivity contribution in [3.05, 3.63) is 24.3 Å². The van der Waals surface area contributed by atoms with Crippen LogP contribution in [-0.2, 0) is 14.3 Å². The molecule has 0 saturated heterocycles. The lowest BCUT2D eigenvalue weighted by molar-refractivity contribution is -0.143. The molecular formula is C73H141NO5. The molecule has 0 radical (unpaired) electrons. The fraction of sp³-hybridized carbons (Fsp3) is 0.918. The summed E-state index contributed by atoms with van der Waals surface area (Å²) in [5.74, 6) is -0.0162. The standard InChI is InChI=1S/C73H141NO5/c1-3-5-7-9-11-13-15-17-19-21-35-39-43-47-51-55-59-63-67-73(78)79-68-64-60-56-52-48-44-40-36-33-31-29-27-25-23-22-24-26-28-30-32-34-38-42-46-50-54-58-62-66-72(77)74-70(69-75)71(76)65-61-57-53-49-45-41-37-20-18-16-14-12-10-8-6-4-2/h13,15,19,21,70-71,75-76H,3-12,14,16-18,20,22-69H2,1-2H3,(H,74,77)/b15-13-,21-19-. The number of rotatable bonds is 68. The number of carbonyl (C=O) groups is 2. The predicted molar refractivity (Wildman–Crippen MR) is 347 cm³/mol. The van der Waals surface area contributed by atoms with Gasteiger partial charge < -0.3 is 20.3 Å². The fourth-order valence-corrected chi connectivity index (χ4v) is 11.5. The molecule has 0 rings (SSSR count). The second-order valence-corrected chi connectivity index (χ2v) is 24.9. The molecule has 3 N–H and O–H groups in total. The van der Waals surface area contributed by atoms with Gasteiger partial charge in [0.1, 0.15) is 0 Å². The van der Waals surface area contributed by atoms with Gasteiger partial charge in [-0.3, -0.25) is 9.59 Å². The van der Waals surface area contributed by atoms with Crippen molar-refractivity contribution in [1.82, 2.24) is 5.32 Å². The van der Waals surface area contributed by atoms with Crippen LogP contribution >= 0.6 is 0 Å². The normalized spacial score (nSPS) is 12.6. The second kappa shape index (κ2) is 68.8. The molecule has 0 aliphatic carbocycles. The smallest absolute Gasteiger partial charge is 0.305 e. The summed E-state index contributed by atoms with van der Waals surface area (Å²) in [7, 11) is 0. The molecule has 0 fully saturated rings. The van der Waals surface area contributed by atoms with Crippen molar-refractivity contribution in [3.63, 3.8) is 0 Å². The second-order valence-electron chi connectivity index (χ2n) is 24.9. The van der Waals surface area contributed by atoms with Crippen molar-refractivity contribution in [2.45, 2.75) is 418 Å². The van der Waals surface area contributed by atoms with Gasteiger partial charge >= 0.3 is 5.97 Å². The number of allylic oxidation sites excluding steroid dienone is 4. The van der Waals surface area contributed by atoms with Gasteiger partial charge in [-0.2, -0.15) is 0 Å². The lowest BCUT2D eigenvalue weighted by Gasteiger charge is -2.22. The average molecular weight is 1110 g/mol. The van der Waals surface area contributed by atoms with Crippen molar-refractivity contribution in [3.8, 4) is 0 Å². The van der Waals surface area contributed by atoms with Crippen molar-refractivity contribution >= 4 is 11.9 Å². The molecule has 0 saturated carbocycles. The first kappa shape index (κ1) is 77.3. The van der Waals surface area contributed by atoms with E-state index >= 15 is 0 Å². The summed E-state index contributed by atoms with van der Waals surface area (Å²) in [6, 6.07) is -0.539. The van der Waals surface area contributed by atoms with Crippen LogP contribution in [0.1, 0.15) is 406 Å². The number of unbranched alkanes of at least 4 members (excludes halogenated alkanes) is 53. The van der Waals surface area contributed by atoms with Gasteiger partial charge in [0.2, 0.25) is 5.91 Å². The topological polar surface area (TPSA) is 95.9 Å². The van der Waals surface area contributed by atoms with Gasteiger partial charge in [0.25, 0.3) is 0 Å². The molecule has 2 unspecified atom stereocenters. The molecule has 6 nitrogen and oxygen atoms in total. The Bertz CT molecular complexity index is 1230. The number of ether oxygens (including phenoxy) is 1. The molecule has 2 atom stereocenters. The SMILES string of the molecule is CCCCCC/C=C\C/C=C\CCCCCCCCCC(=O)OCCCCCCCCCCCCCCCCCCCCCCCCCCCCCCC(=O)NC(CO)C(O)CCCCCCCCCCCCCCCCCC. The summed E-state index contributed by atoms with van der Waals surface area (Å²) < 4.78 is 5.50. The number of hydrogen-bond acceptors (Lipinski definition) is 5. The Morgan fingerprint density at radius 2 is 0.633 bits per heavy atom. The maximum absolute atomic E-state index is 12.5. The number of esters is 1.